The molecule has 0 aromatic heterocycles. The van der Waals surface area contributed by atoms with Crippen molar-refractivity contribution < 1.29 is 4.79 Å². The van der Waals surface area contributed by atoms with Gasteiger partial charge >= 0.3 is 0 Å². The minimum Gasteiger partial charge on any atom is -0.397 e. The molecule has 2 aromatic rings. The fourth-order valence-corrected chi connectivity index (χ4v) is 2.87. The molecular weight excluding hydrogens is 316 g/mol. The van der Waals surface area contributed by atoms with Crippen LogP contribution in [-0.4, -0.2) is 12.5 Å². The maximum Gasteiger partial charge on any atom is 0.231 e. The van der Waals surface area contributed by atoms with Gasteiger partial charge in [-0.25, -0.2) is 0 Å². The Morgan fingerprint density at radius 1 is 1.20 bits per heavy atom. The van der Waals surface area contributed by atoms with E-state index in [0.29, 0.717) is 12.1 Å². The summed E-state index contributed by atoms with van der Waals surface area (Å²) in [4.78, 5) is 14.3. The number of carbonyl (C=O) groups is 1. The molecule has 1 amide bonds. The maximum atomic E-state index is 12.5. The molecule has 0 bridgehead atoms. The third kappa shape index (κ3) is 2.43. The van der Waals surface area contributed by atoms with E-state index in [-0.39, 0.29) is 5.91 Å². The lowest BCUT2D eigenvalue weighted by Crippen LogP contribution is -2.30. The van der Waals surface area contributed by atoms with Crippen molar-refractivity contribution in [3.8, 4) is 0 Å². The molecule has 20 heavy (non-hydrogen) atoms. The van der Waals surface area contributed by atoms with Crippen LogP contribution in [0.3, 0.4) is 0 Å². The molecule has 3 nitrogen and oxygen atoms in total. The van der Waals surface area contributed by atoms with Gasteiger partial charge in [-0.3, -0.25) is 4.79 Å². The van der Waals surface area contributed by atoms with Crippen LogP contribution in [0.1, 0.15) is 11.1 Å². The molecule has 2 aromatic carbocycles. The minimum absolute atomic E-state index is 0.101. The SMILES string of the molecule is Nc1cccc2c1N(C(=O)Cc1ccc(Br)cc1)CC2. The second-order valence-electron chi connectivity index (χ2n) is 4.95. The van der Waals surface area contributed by atoms with Crippen molar-refractivity contribution in [2.75, 3.05) is 17.2 Å². The maximum absolute atomic E-state index is 12.5. The summed E-state index contributed by atoms with van der Waals surface area (Å²) in [6, 6.07) is 13.7. The summed E-state index contributed by atoms with van der Waals surface area (Å²) in [5.74, 6) is 0.101. The third-order valence-corrected chi connectivity index (χ3v) is 4.12. The van der Waals surface area contributed by atoms with Crippen molar-refractivity contribution in [3.05, 3.63) is 58.1 Å². The van der Waals surface area contributed by atoms with Gasteiger partial charge in [-0.2, -0.15) is 0 Å². The number of nitrogens with zero attached hydrogens (tertiary/aromatic N) is 1. The predicted octanol–water partition coefficient (Wildman–Crippen LogP) is 3.16. The Labute approximate surface area is 126 Å². The highest BCUT2D eigenvalue weighted by molar-refractivity contribution is 9.10. The predicted molar refractivity (Wildman–Crippen MR) is 84.8 cm³/mol. The molecule has 0 radical (unpaired) electrons. The van der Waals surface area contributed by atoms with Gasteiger partial charge in [0, 0.05) is 11.0 Å². The normalized spacial score (nSPS) is 13.3. The largest absolute Gasteiger partial charge is 0.397 e. The van der Waals surface area contributed by atoms with Gasteiger partial charge < -0.3 is 10.6 Å². The molecule has 0 saturated heterocycles. The molecule has 0 unspecified atom stereocenters. The van der Waals surface area contributed by atoms with Crippen LogP contribution < -0.4 is 10.6 Å². The standard InChI is InChI=1S/C16H15BrN2O/c17-13-6-4-11(5-7-13)10-15(20)19-9-8-12-2-1-3-14(18)16(12)19/h1-7H,8-10,18H2. The van der Waals surface area contributed by atoms with Crippen LogP contribution in [0.4, 0.5) is 11.4 Å². The number of amides is 1. The highest BCUT2D eigenvalue weighted by Crippen LogP contribution is 2.33. The van der Waals surface area contributed by atoms with Crippen LogP contribution in [0.25, 0.3) is 0 Å². The van der Waals surface area contributed by atoms with Gasteiger partial charge in [0.25, 0.3) is 0 Å². The summed E-state index contributed by atoms with van der Waals surface area (Å²) in [6.07, 6.45) is 1.29. The van der Waals surface area contributed by atoms with Crippen LogP contribution in [0.2, 0.25) is 0 Å². The first kappa shape index (κ1) is 13.2. The molecule has 3 rings (SSSR count). The fourth-order valence-electron chi connectivity index (χ4n) is 2.61. The molecular formula is C16H15BrN2O. The quantitative estimate of drug-likeness (QED) is 0.859. The average Bonchev–Trinajstić information content (AvgIpc) is 2.87. The zero-order chi connectivity index (χ0) is 14.1. The summed E-state index contributed by atoms with van der Waals surface area (Å²) in [6.45, 7) is 0.721. The number of anilines is 2. The number of para-hydroxylation sites is 1. The Kier molecular flexibility index (Phi) is 3.49. The van der Waals surface area contributed by atoms with Crippen LogP contribution in [-0.2, 0) is 17.6 Å². The molecule has 4 heteroatoms. The zero-order valence-corrected chi connectivity index (χ0v) is 12.6. The third-order valence-electron chi connectivity index (χ3n) is 3.60. The molecule has 0 atom stereocenters. The Morgan fingerprint density at radius 3 is 2.70 bits per heavy atom. The van der Waals surface area contributed by atoms with Gasteiger partial charge in [-0.15, -0.1) is 0 Å². The monoisotopic (exact) mass is 330 g/mol. The number of nitrogen functional groups attached to an aromatic ring is 1. The summed E-state index contributed by atoms with van der Waals surface area (Å²) < 4.78 is 1.02. The number of carbonyl (C=O) groups excluding carboxylic acids is 1. The first-order valence-electron chi connectivity index (χ1n) is 6.57. The van der Waals surface area contributed by atoms with E-state index in [1.807, 2.05) is 47.4 Å². The van der Waals surface area contributed by atoms with Crippen LogP contribution >= 0.6 is 15.9 Å². The van der Waals surface area contributed by atoms with Gasteiger partial charge in [0.1, 0.15) is 0 Å². The lowest BCUT2D eigenvalue weighted by molar-refractivity contribution is -0.117. The summed E-state index contributed by atoms with van der Waals surface area (Å²) in [5.41, 5.74) is 9.77. The van der Waals surface area contributed by atoms with E-state index < -0.39 is 0 Å². The number of nitrogens with two attached hydrogens (primary N) is 1. The molecule has 2 N–H and O–H groups in total. The van der Waals surface area contributed by atoms with Gasteiger partial charge in [-0.05, 0) is 35.7 Å². The van der Waals surface area contributed by atoms with Crippen LogP contribution in [0.15, 0.2) is 46.9 Å². The van der Waals surface area contributed by atoms with Gasteiger partial charge in [0.05, 0.1) is 17.8 Å². The number of rotatable bonds is 2. The first-order chi connectivity index (χ1) is 9.65. The van der Waals surface area contributed by atoms with Crippen molar-refractivity contribution in [3.63, 3.8) is 0 Å². The number of benzene rings is 2. The van der Waals surface area contributed by atoms with E-state index in [2.05, 4.69) is 15.9 Å². The molecule has 1 heterocycles. The number of hydrogen-bond acceptors (Lipinski definition) is 2. The van der Waals surface area contributed by atoms with Gasteiger partial charge in [0.15, 0.2) is 0 Å². The molecule has 0 fully saturated rings. The zero-order valence-electron chi connectivity index (χ0n) is 11.0. The summed E-state index contributed by atoms with van der Waals surface area (Å²) >= 11 is 3.40. The number of halogens is 1. The molecule has 1 aliphatic heterocycles. The topological polar surface area (TPSA) is 46.3 Å². The molecule has 0 aliphatic carbocycles. The van der Waals surface area contributed by atoms with Gasteiger partial charge in [-0.1, -0.05) is 40.2 Å². The highest BCUT2D eigenvalue weighted by Gasteiger charge is 2.26. The number of fused-ring (bicyclic) bond motifs is 1. The van der Waals surface area contributed by atoms with E-state index in [0.717, 1.165) is 34.3 Å². The second kappa shape index (κ2) is 5.29. The fraction of sp³-hybridized carbons (Fsp3) is 0.188. The summed E-state index contributed by atoms with van der Waals surface area (Å²) in [7, 11) is 0. The van der Waals surface area contributed by atoms with E-state index in [4.69, 9.17) is 5.73 Å². The Hall–Kier alpha value is -1.81. The Bertz CT molecular complexity index is 652. The molecule has 102 valence electrons. The van der Waals surface area contributed by atoms with Crippen LogP contribution in [0, 0.1) is 0 Å². The summed E-state index contributed by atoms with van der Waals surface area (Å²) in [5, 5.41) is 0. The number of hydrogen-bond donors (Lipinski definition) is 1. The van der Waals surface area contributed by atoms with Crippen LogP contribution in [0.5, 0.6) is 0 Å². The first-order valence-corrected chi connectivity index (χ1v) is 7.36. The van der Waals surface area contributed by atoms with Crippen molar-refractivity contribution in [2.24, 2.45) is 0 Å². The average molecular weight is 331 g/mol. The van der Waals surface area contributed by atoms with E-state index in [1.165, 1.54) is 0 Å². The lowest BCUT2D eigenvalue weighted by atomic mass is 10.1. The highest BCUT2D eigenvalue weighted by atomic mass is 79.9. The van der Waals surface area contributed by atoms with E-state index in [9.17, 15) is 4.79 Å². The molecule has 0 saturated carbocycles. The molecule has 0 spiro atoms. The molecule has 1 aliphatic rings. The van der Waals surface area contributed by atoms with E-state index >= 15 is 0 Å². The van der Waals surface area contributed by atoms with Crippen molar-refractivity contribution in [1.29, 1.82) is 0 Å². The Morgan fingerprint density at radius 2 is 1.95 bits per heavy atom. The van der Waals surface area contributed by atoms with Crippen molar-refractivity contribution in [2.45, 2.75) is 12.8 Å². The van der Waals surface area contributed by atoms with Gasteiger partial charge in [0.2, 0.25) is 5.91 Å². The van der Waals surface area contributed by atoms with Crippen molar-refractivity contribution in [1.82, 2.24) is 0 Å². The van der Waals surface area contributed by atoms with Crippen molar-refractivity contribution >= 4 is 33.2 Å². The second-order valence-corrected chi connectivity index (χ2v) is 5.87. The smallest absolute Gasteiger partial charge is 0.231 e. The minimum atomic E-state index is 0.101. The van der Waals surface area contributed by atoms with E-state index in [1.54, 1.807) is 0 Å². The lowest BCUT2D eigenvalue weighted by Gasteiger charge is -2.19. The Balaban J connectivity index is 1.82.